The molecular formula is C19H21O4-. The minimum absolute atomic E-state index is 0.0983. The molecule has 0 bridgehead atoms. The van der Waals surface area contributed by atoms with Crippen LogP contribution in [0.2, 0.25) is 0 Å². The van der Waals surface area contributed by atoms with Crippen LogP contribution >= 0.6 is 0 Å². The van der Waals surface area contributed by atoms with E-state index in [0.29, 0.717) is 18.1 Å². The molecule has 4 heteroatoms. The van der Waals surface area contributed by atoms with Gasteiger partial charge in [0.05, 0.1) is 5.97 Å². The van der Waals surface area contributed by atoms with Crippen LogP contribution in [0.4, 0.5) is 0 Å². The van der Waals surface area contributed by atoms with E-state index in [-0.39, 0.29) is 5.41 Å². The second-order valence-corrected chi connectivity index (χ2v) is 6.34. The summed E-state index contributed by atoms with van der Waals surface area (Å²) < 4.78 is 11.1. The first kappa shape index (κ1) is 16.9. The molecule has 0 unspecified atom stereocenters. The molecule has 0 radical (unpaired) electrons. The Hall–Kier alpha value is -2.49. The number of carbonyl (C=O) groups excluding carboxylic acids is 1. The average molecular weight is 313 g/mol. The van der Waals surface area contributed by atoms with E-state index in [2.05, 4.69) is 20.8 Å². The lowest BCUT2D eigenvalue weighted by Crippen LogP contribution is -2.29. The van der Waals surface area contributed by atoms with Gasteiger partial charge in [-0.25, -0.2) is 0 Å². The van der Waals surface area contributed by atoms with Gasteiger partial charge in [0, 0.05) is 6.07 Å². The number of carboxylic acids is 1. The minimum Gasteiger partial charge on any atom is -0.546 e. The van der Waals surface area contributed by atoms with E-state index in [0.717, 1.165) is 11.1 Å². The zero-order chi connectivity index (χ0) is 16.9. The fourth-order valence-corrected chi connectivity index (χ4v) is 2.21. The van der Waals surface area contributed by atoms with Crippen molar-refractivity contribution >= 4 is 5.97 Å². The zero-order valence-corrected chi connectivity index (χ0v) is 13.7. The SMILES string of the molecule is CC(C)(C)c1ccc(OCC(=O)[O-])cc1OCc1ccccc1. The Labute approximate surface area is 136 Å². The van der Waals surface area contributed by atoms with Gasteiger partial charge in [0.2, 0.25) is 0 Å². The molecule has 0 aliphatic heterocycles. The molecule has 2 aromatic rings. The molecule has 4 nitrogen and oxygen atoms in total. The van der Waals surface area contributed by atoms with Crippen molar-refractivity contribution in [2.24, 2.45) is 0 Å². The molecule has 2 rings (SSSR count). The Morgan fingerprint density at radius 1 is 1.04 bits per heavy atom. The zero-order valence-electron chi connectivity index (χ0n) is 13.7. The van der Waals surface area contributed by atoms with Gasteiger partial charge < -0.3 is 19.4 Å². The number of hydrogen-bond donors (Lipinski definition) is 0. The Morgan fingerprint density at radius 2 is 1.74 bits per heavy atom. The van der Waals surface area contributed by atoms with Gasteiger partial charge in [0.15, 0.2) is 0 Å². The normalized spacial score (nSPS) is 11.1. The van der Waals surface area contributed by atoms with Crippen molar-refractivity contribution in [3.8, 4) is 11.5 Å². The predicted molar refractivity (Wildman–Crippen MR) is 86.4 cm³/mol. The third kappa shape index (κ3) is 5.02. The standard InChI is InChI=1S/C19H22O4/c1-19(2,3)16-10-9-15(22-13-18(20)21)11-17(16)23-12-14-7-5-4-6-8-14/h4-11H,12-13H2,1-3H3,(H,20,21)/p-1. The van der Waals surface area contributed by atoms with Crippen LogP contribution in [0.25, 0.3) is 0 Å². The van der Waals surface area contributed by atoms with E-state index < -0.39 is 12.6 Å². The number of ether oxygens (including phenoxy) is 2. The quantitative estimate of drug-likeness (QED) is 0.823. The largest absolute Gasteiger partial charge is 0.546 e. The maximum Gasteiger partial charge on any atom is 0.128 e. The van der Waals surface area contributed by atoms with E-state index in [9.17, 15) is 9.90 Å². The van der Waals surface area contributed by atoms with Gasteiger partial charge in [0.25, 0.3) is 0 Å². The molecule has 0 atom stereocenters. The second kappa shape index (κ2) is 7.18. The molecule has 0 aliphatic carbocycles. The Balaban J connectivity index is 2.21. The number of carbonyl (C=O) groups is 1. The molecule has 0 amide bonds. The fraction of sp³-hybridized carbons (Fsp3) is 0.316. The highest BCUT2D eigenvalue weighted by atomic mass is 16.5. The Kier molecular flexibility index (Phi) is 5.27. The van der Waals surface area contributed by atoms with E-state index in [1.807, 2.05) is 36.4 Å². The smallest absolute Gasteiger partial charge is 0.128 e. The molecule has 0 heterocycles. The van der Waals surface area contributed by atoms with Gasteiger partial charge in [-0.3, -0.25) is 0 Å². The number of rotatable bonds is 6. The van der Waals surface area contributed by atoms with Crippen LogP contribution in [0.5, 0.6) is 11.5 Å². The van der Waals surface area contributed by atoms with Crippen molar-refractivity contribution in [3.05, 3.63) is 59.7 Å². The molecule has 0 N–H and O–H groups in total. The first-order valence-electron chi connectivity index (χ1n) is 7.50. The monoisotopic (exact) mass is 313 g/mol. The van der Waals surface area contributed by atoms with Gasteiger partial charge in [-0.05, 0) is 22.6 Å². The summed E-state index contributed by atoms with van der Waals surface area (Å²) in [6.07, 6.45) is 0. The summed E-state index contributed by atoms with van der Waals surface area (Å²) >= 11 is 0. The maximum absolute atomic E-state index is 10.5. The Morgan fingerprint density at radius 3 is 2.35 bits per heavy atom. The van der Waals surface area contributed by atoms with Crippen molar-refractivity contribution in [2.45, 2.75) is 32.8 Å². The van der Waals surface area contributed by atoms with Crippen molar-refractivity contribution in [1.29, 1.82) is 0 Å². The maximum atomic E-state index is 10.5. The fourth-order valence-electron chi connectivity index (χ4n) is 2.21. The summed E-state index contributed by atoms with van der Waals surface area (Å²) in [6, 6.07) is 15.3. The van der Waals surface area contributed by atoms with Crippen LogP contribution in [0, 0.1) is 0 Å². The molecule has 122 valence electrons. The highest BCUT2D eigenvalue weighted by molar-refractivity contribution is 5.66. The number of hydrogen-bond acceptors (Lipinski definition) is 4. The first-order valence-corrected chi connectivity index (χ1v) is 7.50. The highest BCUT2D eigenvalue weighted by Crippen LogP contribution is 2.34. The summed E-state index contributed by atoms with van der Waals surface area (Å²) in [6.45, 7) is 6.25. The first-order chi connectivity index (χ1) is 10.9. The molecule has 23 heavy (non-hydrogen) atoms. The van der Waals surface area contributed by atoms with Gasteiger partial charge in [-0.15, -0.1) is 0 Å². The van der Waals surface area contributed by atoms with Crippen molar-refractivity contribution in [3.63, 3.8) is 0 Å². The van der Waals surface area contributed by atoms with E-state index in [1.54, 1.807) is 12.1 Å². The third-order valence-electron chi connectivity index (χ3n) is 3.35. The van der Waals surface area contributed by atoms with Crippen LogP contribution in [-0.4, -0.2) is 12.6 Å². The Bertz CT molecular complexity index is 657. The van der Waals surface area contributed by atoms with Crippen LogP contribution in [0.3, 0.4) is 0 Å². The van der Waals surface area contributed by atoms with Crippen molar-refractivity contribution in [2.75, 3.05) is 6.61 Å². The van der Waals surface area contributed by atoms with Gasteiger partial charge >= 0.3 is 0 Å². The highest BCUT2D eigenvalue weighted by Gasteiger charge is 2.19. The summed E-state index contributed by atoms with van der Waals surface area (Å²) in [5, 5.41) is 10.5. The molecule has 0 saturated heterocycles. The van der Waals surface area contributed by atoms with Crippen molar-refractivity contribution < 1.29 is 19.4 Å². The number of benzene rings is 2. The predicted octanol–water partition coefficient (Wildman–Crippen LogP) is 2.69. The summed E-state index contributed by atoms with van der Waals surface area (Å²) in [4.78, 5) is 10.5. The molecule has 0 aliphatic rings. The molecule has 2 aromatic carbocycles. The molecule has 0 spiro atoms. The average Bonchev–Trinajstić information content (AvgIpc) is 2.51. The lowest BCUT2D eigenvalue weighted by molar-refractivity contribution is -0.307. The third-order valence-corrected chi connectivity index (χ3v) is 3.35. The lowest BCUT2D eigenvalue weighted by Gasteiger charge is -2.23. The molecular weight excluding hydrogens is 292 g/mol. The van der Waals surface area contributed by atoms with E-state index >= 15 is 0 Å². The van der Waals surface area contributed by atoms with Crippen LogP contribution in [0.15, 0.2) is 48.5 Å². The summed E-state index contributed by atoms with van der Waals surface area (Å²) in [5.41, 5.74) is 2.00. The molecule has 0 fully saturated rings. The van der Waals surface area contributed by atoms with Crippen LogP contribution in [-0.2, 0) is 16.8 Å². The molecule has 0 saturated carbocycles. The van der Waals surface area contributed by atoms with Gasteiger partial charge in [-0.1, -0.05) is 57.2 Å². The van der Waals surface area contributed by atoms with Gasteiger partial charge in [0.1, 0.15) is 24.7 Å². The van der Waals surface area contributed by atoms with Crippen molar-refractivity contribution in [1.82, 2.24) is 0 Å². The number of carboxylic acid groups (broad SMARTS) is 1. The van der Waals surface area contributed by atoms with Gasteiger partial charge in [-0.2, -0.15) is 0 Å². The van der Waals surface area contributed by atoms with E-state index in [4.69, 9.17) is 9.47 Å². The topological polar surface area (TPSA) is 58.6 Å². The summed E-state index contributed by atoms with van der Waals surface area (Å²) in [5.74, 6) is -0.112. The second-order valence-electron chi connectivity index (χ2n) is 6.34. The van der Waals surface area contributed by atoms with E-state index in [1.165, 1.54) is 0 Å². The lowest BCUT2D eigenvalue weighted by atomic mass is 9.86. The van der Waals surface area contributed by atoms with Crippen LogP contribution < -0.4 is 14.6 Å². The summed E-state index contributed by atoms with van der Waals surface area (Å²) in [7, 11) is 0. The number of aliphatic carboxylic acids is 1. The minimum atomic E-state index is -1.25. The van der Waals surface area contributed by atoms with Crippen LogP contribution in [0.1, 0.15) is 31.9 Å². The molecule has 0 aromatic heterocycles.